The van der Waals surface area contributed by atoms with Crippen LogP contribution in [0, 0.1) is 17.4 Å². The second-order valence-corrected chi connectivity index (χ2v) is 6.18. The molecule has 23 heavy (non-hydrogen) atoms. The van der Waals surface area contributed by atoms with E-state index in [1.807, 2.05) is 32.0 Å². The molecule has 2 rings (SSSR count). The maximum Gasteiger partial charge on any atom is 0.277 e. The zero-order chi connectivity index (χ0) is 16.8. The highest BCUT2D eigenvalue weighted by atomic mass is 127. The molecule has 0 saturated carbocycles. The number of phenolic OH excluding ortho intramolecular Hbond substituents is 1. The molecule has 0 atom stereocenters. The van der Waals surface area contributed by atoms with Crippen LogP contribution in [0.4, 0.5) is 0 Å². The van der Waals surface area contributed by atoms with Crippen LogP contribution in [-0.4, -0.2) is 23.8 Å². The van der Waals surface area contributed by atoms with Crippen LogP contribution in [0.5, 0.6) is 11.5 Å². The molecule has 0 aliphatic heterocycles. The van der Waals surface area contributed by atoms with Crippen molar-refractivity contribution in [3.8, 4) is 11.5 Å². The van der Waals surface area contributed by atoms with E-state index in [1.165, 1.54) is 6.21 Å². The zero-order valence-corrected chi connectivity index (χ0v) is 15.0. The van der Waals surface area contributed by atoms with Gasteiger partial charge in [0.05, 0.1) is 9.78 Å². The first kappa shape index (κ1) is 17.3. The second-order valence-electron chi connectivity index (χ2n) is 5.02. The third-order valence-electron chi connectivity index (χ3n) is 3.11. The van der Waals surface area contributed by atoms with Crippen molar-refractivity contribution in [2.75, 3.05) is 6.61 Å². The van der Waals surface area contributed by atoms with E-state index >= 15 is 0 Å². The zero-order valence-electron chi connectivity index (χ0n) is 12.8. The molecule has 0 radical (unpaired) electrons. The number of carbonyl (C=O) groups is 1. The maximum atomic E-state index is 11.7. The quantitative estimate of drug-likeness (QED) is 0.440. The summed E-state index contributed by atoms with van der Waals surface area (Å²) in [6.45, 7) is 3.52. The van der Waals surface area contributed by atoms with Crippen LogP contribution >= 0.6 is 22.6 Å². The molecule has 0 fully saturated rings. The van der Waals surface area contributed by atoms with Crippen LogP contribution in [0.3, 0.4) is 0 Å². The van der Waals surface area contributed by atoms with Gasteiger partial charge in [0, 0.05) is 0 Å². The molecule has 0 aliphatic rings. The molecule has 6 heteroatoms. The van der Waals surface area contributed by atoms with Crippen LogP contribution in [0.1, 0.15) is 16.7 Å². The molecular formula is C17H17IN2O3. The highest BCUT2D eigenvalue weighted by Crippen LogP contribution is 2.22. The third kappa shape index (κ3) is 4.95. The predicted octanol–water partition coefficient (Wildman–Crippen LogP) is 3.14. The lowest BCUT2D eigenvalue weighted by molar-refractivity contribution is -0.123. The van der Waals surface area contributed by atoms with Crippen molar-refractivity contribution in [3.05, 3.63) is 56.7 Å². The number of halogens is 1. The van der Waals surface area contributed by atoms with E-state index in [2.05, 4.69) is 33.1 Å². The van der Waals surface area contributed by atoms with Gasteiger partial charge < -0.3 is 9.84 Å². The fourth-order valence-corrected chi connectivity index (χ4v) is 2.52. The van der Waals surface area contributed by atoms with Crippen molar-refractivity contribution >= 4 is 34.7 Å². The second kappa shape index (κ2) is 7.96. The number of nitrogens with zero attached hydrogens (tertiary/aromatic N) is 1. The van der Waals surface area contributed by atoms with Crippen LogP contribution < -0.4 is 10.2 Å². The first-order chi connectivity index (χ1) is 11.0. The SMILES string of the molecule is Cc1cc(/C=N/NC(=O)COc2ccccc2I)cc(C)c1O. The Labute approximate surface area is 148 Å². The molecule has 0 bridgehead atoms. The van der Waals surface area contributed by atoms with Gasteiger partial charge in [-0.05, 0) is 77.4 Å². The summed E-state index contributed by atoms with van der Waals surface area (Å²) in [4.78, 5) is 11.7. The summed E-state index contributed by atoms with van der Waals surface area (Å²) in [6.07, 6.45) is 1.53. The molecule has 0 aliphatic carbocycles. The summed E-state index contributed by atoms with van der Waals surface area (Å²) in [5, 5.41) is 13.6. The van der Waals surface area contributed by atoms with Crippen molar-refractivity contribution in [3.63, 3.8) is 0 Å². The minimum Gasteiger partial charge on any atom is -0.507 e. The van der Waals surface area contributed by atoms with E-state index in [1.54, 1.807) is 18.2 Å². The fraction of sp³-hybridized carbons (Fsp3) is 0.176. The van der Waals surface area contributed by atoms with E-state index in [0.29, 0.717) is 5.75 Å². The van der Waals surface area contributed by atoms with Gasteiger partial charge in [-0.2, -0.15) is 5.10 Å². The van der Waals surface area contributed by atoms with Gasteiger partial charge in [0.1, 0.15) is 11.5 Å². The summed E-state index contributed by atoms with van der Waals surface area (Å²) in [7, 11) is 0. The highest BCUT2D eigenvalue weighted by molar-refractivity contribution is 14.1. The molecule has 2 N–H and O–H groups in total. The van der Waals surface area contributed by atoms with Crippen molar-refractivity contribution in [1.29, 1.82) is 0 Å². The number of phenols is 1. The van der Waals surface area contributed by atoms with Crippen LogP contribution in [-0.2, 0) is 4.79 Å². The van der Waals surface area contributed by atoms with Gasteiger partial charge in [0.25, 0.3) is 5.91 Å². The van der Waals surface area contributed by atoms with Gasteiger partial charge in [-0.15, -0.1) is 0 Å². The van der Waals surface area contributed by atoms with Crippen molar-refractivity contribution in [2.24, 2.45) is 5.10 Å². The average molecular weight is 424 g/mol. The number of para-hydroxylation sites is 1. The molecule has 0 aromatic heterocycles. The van der Waals surface area contributed by atoms with Crippen molar-refractivity contribution in [1.82, 2.24) is 5.43 Å². The van der Waals surface area contributed by atoms with Crippen LogP contribution in [0.15, 0.2) is 41.5 Å². The number of hydrazone groups is 1. The Bertz CT molecular complexity index is 721. The van der Waals surface area contributed by atoms with Gasteiger partial charge in [-0.25, -0.2) is 5.43 Å². The van der Waals surface area contributed by atoms with Gasteiger partial charge >= 0.3 is 0 Å². The molecule has 2 aromatic carbocycles. The number of aryl methyl sites for hydroxylation is 2. The number of carbonyl (C=O) groups excluding carboxylic acids is 1. The number of amides is 1. The first-order valence-electron chi connectivity index (χ1n) is 6.97. The standard InChI is InChI=1S/C17H17IN2O3/c1-11-7-13(8-12(2)17(11)22)9-19-20-16(21)10-23-15-6-4-3-5-14(15)18/h3-9,22H,10H2,1-2H3,(H,20,21)/b19-9+. The molecular weight excluding hydrogens is 407 g/mol. The van der Waals surface area contributed by atoms with Gasteiger partial charge in [-0.3, -0.25) is 4.79 Å². The number of aromatic hydroxyl groups is 1. The lowest BCUT2D eigenvalue weighted by Crippen LogP contribution is -2.24. The van der Waals surface area contributed by atoms with Gasteiger partial charge in [-0.1, -0.05) is 12.1 Å². The van der Waals surface area contributed by atoms with Crippen molar-refractivity contribution in [2.45, 2.75) is 13.8 Å². The molecule has 5 nitrogen and oxygen atoms in total. The Kier molecular flexibility index (Phi) is 5.97. The third-order valence-corrected chi connectivity index (χ3v) is 4.00. The number of hydrogen-bond donors (Lipinski definition) is 2. The Balaban J connectivity index is 1.88. The van der Waals surface area contributed by atoms with E-state index in [9.17, 15) is 9.90 Å². The van der Waals surface area contributed by atoms with E-state index in [0.717, 1.165) is 20.3 Å². The number of nitrogens with one attached hydrogen (secondary N) is 1. The Morgan fingerprint density at radius 3 is 2.61 bits per heavy atom. The number of ether oxygens (including phenoxy) is 1. The maximum absolute atomic E-state index is 11.7. The molecule has 120 valence electrons. The Morgan fingerprint density at radius 2 is 1.96 bits per heavy atom. The minimum atomic E-state index is -0.340. The summed E-state index contributed by atoms with van der Waals surface area (Å²) in [5.74, 6) is 0.599. The molecule has 0 spiro atoms. The largest absolute Gasteiger partial charge is 0.507 e. The lowest BCUT2D eigenvalue weighted by atomic mass is 10.1. The number of hydrogen-bond acceptors (Lipinski definition) is 4. The monoisotopic (exact) mass is 424 g/mol. The van der Waals surface area contributed by atoms with E-state index < -0.39 is 0 Å². The van der Waals surface area contributed by atoms with Gasteiger partial charge in [0.2, 0.25) is 0 Å². The van der Waals surface area contributed by atoms with Crippen LogP contribution in [0.2, 0.25) is 0 Å². The van der Waals surface area contributed by atoms with Crippen molar-refractivity contribution < 1.29 is 14.6 Å². The minimum absolute atomic E-state index is 0.106. The lowest BCUT2D eigenvalue weighted by Gasteiger charge is -2.07. The normalized spacial score (nSPS) is 10.7. The average Bonchev–Trinajstić information content (AvgIpc) is 2.52. The molecule has 0 heterocycles. The van der Waals surface area contributed by atoms with E-state index in [-0.39, 0.29) is 18.3 Å². The van der Waals surface area contributed by atoms with Crippen LogP contribution in [0.25, 0.3) is 0 Å². The van der Waals surface area contributed by atoms with Gasteiger partial charge in [0.15, 0.2) is 6.61 Å². The number of benzene rings is 2. The molecule has 1 amide bonds. The number of rotatable bonds is 5. The Morgan fingerprint density at radius 1 is 1.30 bits per heavy atom. The smallest absolute Gasteiger partial charge is 0.277 e. The molecule has 0 saturated heterocycles. The summed E-state index contributed by atoms with van der Waals surface area (Å²) in [5.41, 5.74) is 4.74. The molecule has 0 unspecified atom stereocenters. The highest BCUT2D eigenvalue weighted by Gasteiger charge is 2.04. The topological polar surface area (TPSA) is 70.9 Å². The van der Waals surface area contributed by atoms with E-state index in [4.69, 9.17) is 4.74 Å². The summed E-state index contributed by atoms with van der Waals surface area (Å²) in [6, 6.07) is 11.0. The summed E-state index contributed by atoms with van der Waals surface area (Å²) >= 11 is 2.15. The summed E-state index contributed by atoms with van der Waals surface area (Å²) < 4.78 is 6.37. The molecule has 2 aromatic rings. The Hall–Kier alpha value is -2.09. The fourth-order valence-electron chi connectivity index (χ4n) is 1.98. The first-order valence-corrected chi connectivity index (χ1v) is 8.04. The predicted molar refractivity (Wildman–Crippen MR) is 98.0 cm³/mol.